The number of hydrogen-bond donors (Lipinski definition) is 1. The molecule has 0 saturated heterocycles. The smallest absolute Gasteiger partial charge is 0.241 e. The van der Waals surface area contributed by atoms with Gasteiger partial charge in [-0.3, -0.25) is 9.69 Å². The maximum absolute atomic E-state index is 11.2. The zero-order chi connectivity index (χ0) is 10.5. The number of nitrogens with two attached hydrogens (primary N) is 1. The molecule has 0 radical (unpaired) electrons. The minimum atomic E-state index is -0.545. The van der Waals surface area contributed by atoms with Crippen LogP contribution in [0.5, 0.6) is 0 Å². The Hall–Kier alpha value is -0.120. The molecule has 0 aliphatic carbocycles. The van der Waals surface area contributed by atoms with Crippen LogP contribution in [0.2, 0.25) is 0 Å². The summed E-state index contributed by atoms with van der Waals surface area (Å²) in [6, 6.07) is 0. The van der Waals surface area contributed by atoms with E-state index in [0.717, 1.165) is 19.3 Å². The molecule has 2 N–H and O–H groups in total. The first-order valence-corrected chi connectivity index (χ1v) is 4.90. The molecule has 0 saturated carbocycles. The van der Waals surface area contributed by atoms with E-state index in [1.54, 1.807) is 0 Å². The van der Waals surface area contributed by atoms with Crippen LogP contribution in [0.15, 0.2) is 0 Å². The summed E-state index contributed by atoms with van der Waals surface area (Å²) < 4.78 is 0. The topological polar surface area (TPSA) is 46.3 Å². The van der Waals surface area contributed by atoms with Crippen molar-refractivity contribution < 1.29 is 4.79 Å². The van der Waals surface area contributed by atoms with Crippen molar-refractivity contribution in [3.05, 3.63) is 0 Å². The highest BCUT2D eigenvalue weighted by molar-refractivity contribution is 6.65. The number of halogens is 1. The summed E-state index contributed by atoms with van der Waals surface area (Å²) in [5.41, 5.74) is 4.83. The Kier molecular flexibility index (Phi) is 5.53. The first kappa shape index (κ1) is 12.9. The molecule has 13 heavy (non-hydrogen) atoms. The highest BCUT2D eigenvalue weighted by Gasteiger charge is 2.33. The zero-order valence-electron chi connectivity index (χ0n) is 8.64. The summed E-state index contributed by atoms with van der Waals surface area (Å²) in [7, 11) is 3.73. The van der Waals surface area contributed by atoms with Gasteiger partial charge in [0, 0.05) is 0 Å². The van der Waals surface area contributed by atoms with Gasteiger partial charge in [-0.2, -0.15) is 0 Å². The first-order chi connectivity index (χ1) is 5.95. The third kappa shape index (κ3) is 3.63. The fourth-order valence-corrected chi connectivity index (χ4v) is 1.37. The predicted octanol–water partition coefficient (Wildman–Crippen LogP) is 1.20. The molecule has 1 atom stereocenters. The second kappa shape index (κ2) is 5.58. The maximum Gasteiger partial charge on any atom is 0.241 e. The Morgan fingerprint density at radius 1 is 1.46 bits per heavy atom. The molecule has 0 aromatic rings. The molecule has 0 aliphatic rings. The van der Waals surface area contributed by atoms with E-state index in [4.69, 9.17) is 17.3 Å². The van der Waals surface area contributed by atoms with Gasteiger partial charge in [0.2, 0.25) is 5.24 Å². The van der Waals surface area contributed by atoms with Crippen LogP contribution in [0.1, 0.15) is 26.2 Å². The Bertz CT molecular complexity index is 173. The summed E-state index contributed by atoms with van der Waals surface area (Å²) in [5, 5.41) is -0.297. The number of nitrogens with zero attached hydrogens (tertiary/aromatic N) is 1. The molecule has 4 heteroatoms. The minimum absolute atomic E-state index is 0.297. The van der Waals surface area contributed by atoms with Gasteiger partial charge >= 0.3 is 0 Å². The van der Waals surface area contributed by atoms with Crippen LogP contribution in [0.4, 0.5) is 0 Å². The number of carbonyl (C=O) groups excluding carboxylic acids is 1. The Balaban J connectivity index is 4.17. The Morgan fingerprint density at radius 3 is 2.31 bits per heavy atom. The molecule has 3 nitrogen and oxygen atoms in total. The van der Waals surface area contributed by atoms with E-state index in [1.807, 2.05) is 25.9 Å². The largest absolute Gasteiger partial charge is 0.330 e. The van der Waals surface area contributed by atoms with Gasteiger partial charge < -0.3 is 5.73 Å². The third-order valence-corrected chi connectivity index (χ3v) is 2.94. The fourth-order valence-electron chi connectivity index (χ4n) is 1.11. The van der Waals surface area contributed by atoms with Gasteiger partial charge in [-0.05, 0) is 58.4 Å². The predicted molar refractivity (Wildman–Crippen MR) is 55.9 cm³/mol. The summed E-state index contributed by atoms with van der Waals surface area (Å²) in [4.78, 5) is 13.1. The lowest BCUT2D eigenvalue weighted by atomic mass is 9.95. The van der Waals surface area contributed by atoms with Crippen molar-refractivity contribution in [2.45, 2.75) is 31.7 Å². The van der Waals surface area contributed by atoms with E-state index in [2.05, 4.69) is 0 Å². The molecule has 78 valence electrons. The zero-order valence-corrected chi connectivity index (χ0v) is 9.40. The normalized spacial score (nSPS) is 15.8. The molecule has 0 heterocycles. The van der Waals surface area contributed by atoms with Gasteiger partial charge in [0.05, 0.1) is 5.54 Å². The Labute approximate surface area is 85.2 Å². The number of unbranched alkanes of at least 4 members (excludes halogenated alkanes) is 1. The summed E-state index contributed by atoms with van der Waals surface area (Å²) >= 11 is 5.55. The summed E-state index contributed by atoms with van der Waals surface area (Å²) in [5.74, 6) is 0. The molecule has 0 aromatic heterocycles. The third-order valence-electron chi connectivity index (χ3n) is 2.53. The van der Waals surface area contributed by atoms with E-state index >= 15 is 0 Å². The number of rotatable bonds is 6. The Morgan fingerprint density at radius 2 is 2.00 bits per heavy atom. The summed E-state index contributed by atoms with van der Waals surface area (Å²) in [6.45, 7) is 2.53. The van der Waals surface area contributed by atoms with Crippen LogP contribution < -0.4 is 5.73 Å². The van der Waals surface area contributed by atoms with E-state index in [0.29, 0.717) is 6.54 Å². The van der Waals surface area contributed by atoms with Crippen molar-refractivity contribution in [3.63, 3.8) is 0 Å². The average Bonchev–Trinajstić information content (AvgIpc) is 2.03. The molecule has 0 spiro atoms. The van der Waals surface area contributed by atoms with Gasteiger partial charge in [0.25, 0.3) is 0 Å². The molecular weight excluding hydrogens is 188 g/mol. The lowest BCUT2D eigenvalue weighted by molar-refractivity contribution is -0.121. The monoisotopic (exact) mass is 206 g/mol. The van der Waals surface area contributed by atoms with Crippen LogP contribution in [0.25, 0.3) is 0 Å². The molecule has 0 unspecified atom stereocenters. The second-order valence-electron chi connectivity index (χ2n) is 3.69. The highest BCUT2D eigenvalue weighted by Crippen LogP contribution is 2.22. The molecule has 0 aromatic carbocycles. The van der Waals surface area contributed by atoms with E-state index in [1.165, 1.54) is 0 Å². The van der Waals surface area contributed by atoms with Gasteiger partial charge in [0.1, 0.15) is 0 Å². The van der Waals surface area contributed by atoms with Crippen LogP contribution >= 0.6 is 11.6 Å². The molecular formula is C9H19ClN2O. The van der Waals surface area contributed by atoms with Crippen LogP contribution in [-0.2, 0) is 4.79 Å². The van der Waals surface area contributed by atoms with Crippen LogP contribution in [-0.4, -0.2) is 36.3 Å². The fraction of sp³-hybridized carbons (Fsp3) is 0.889. The van der Waals surface area contributed by atoms with E-state index in [9.17, 15) is 4.79 Å². The lowest BCUT2D eigenvalue weighted by Gasteiger charge is -2.32. The lowest BCUT2D eigenvalue weighted by Crippen LogP contribution is -2.46. The number of likely N-dealkylation sites (N-methyl/N-ethyl adjacent to an activating group) is 1. The molecule has 0 aliphatic heterocycles. The van der Waals surface area contributed by atoms with Crippen molar-refractivity contribution in [1.82, 2.24) is 4.90 Å². The van der Waals surface area contributed by atoms with Gasteiger partial charge in [-0.25, -0.2) is 0 Å². The molecule has 0 amide bonds. The minimum Gasteiger partial charge on any atom is -0.330 e. The van der Waals surface area contributed by atoms with Crippen molar-refractivity contribution >= 4 is 16.8 Å². The van der Waals surface area contributed by atoms with Gasteiger partial charge in [-0.15, -0.1) is 0 Å². The quantitative estimate of drug-likeness (QED) is 0.525. The molecule has 0 fully saturated rings. The summed E-state index contributed by atoms with van der Waals surface area (Å²) in [6.07, 6.45) is 2.64. The standard InChI is InChI=1S/C9H19ClN2O/c1-9(8(10)13,12(2)3)6-4-5-7-11/h4-7,11H2,1-3H3/t9-/m0/s1. The maximum atomic E-state index is 11.2. The number of hydrogen-bond acceptors (Lipinski definition) is 3. The van der Waals surface area contributed by atoms with E-state index in [-0.39, 0.29) is 5.24 Å². The highest BCUT2D eigenvalue weighted by atomic mass is 35.5. The average molecular weight is 207 g/mol. The molecule has 0 bridgehead atoms. The van der Waals surface area contributed by atoms with Crippen LogP contribution in [0, 0.1) is 0 Å². The van der Waals surface area contributed by atoms with Crippen molar-refractivity contribution in [2.75, 3.05) is 20.6 Å². The van der Waals surface area contributed by atoms with E-state index < -0.39 is 5.54 Å². The number of carbonyl (C=O) groups is 1. The first-order valence-electron chi connectivity index (χ1n) is 4.52. The van der Waals surface area contributed by atoms with Crippen molar-refractivity contribution in [1.29, 1.82) is 0 Å². The van der Waals surface area contributed by atoms with Crippen molar-refractivity contribution in [2.24, 2.45) is 5.73 Å². The van der Waals surface area contributed by atoms with Crippen molar-refractivity contribution in [3.8, 4) is 0 Å². The second-order valence-corrected chi connectivity index (χ2v) is 4.03. The van der Waals surface area contributed by atoms with Gasteiger partial charge in [0.15, 0.2) is 0 Å². The van der Waals surface area contributed by atoms with Crippen LogP contribution in [0.3, 0.4) is 0 Å². The molecule has 0 rings (SSSR count). The SMILES string of the molecule is CN(C)[C@@](C)(CCCCN)C(=O)Cl. The van der Waals surface area contributed by atoms with Gasteiger partial charge in [-0.1, -0.05) is 0 Å².